The minimum absolute atomic E-state index is 0.0496. The van der Waals surface area contributed by atoms with E-state index in [0.717, 1.165) is 0 Å². The summed E-state index contributed by atoms with van der Waals surface area (Å²) in [5.74, 6) is -0.486. The lowest BCUT2D eigenvalue weighted by Crippen LogP contribution is -2.36. The van der Waals surface area contributed by atoms with Gasteiger partial charge in [0.25, 0.3) is 0 Å². The number of nitrogens with one attached hydrogen (secondary N) is 3. The van der Waals surface area contributed by atoms with Gasteiger partial charge in [-0.05, 0) is 59.7 Å². The molecule has 1 atom stereocenters. The largest absolute Gasteiger partial charge is 0.465 e. The van der Waals surface area contributed by atoms with E-state index in [9.17, 15) is 9.59 Å². The number of halogens is 2. The predicted octanol–water partition coefficient (Wildman–Crippen LogP) is 5.80. The molecule has 2 heterocycles. The van der Waals surface area contributed by atoms with Gasteiger partial charge in [-0.3, -0.25) is 10.00 Å². The fraction of sp³-hybridized carbons (Fsp3) is 0.400. The van der Waals surface area contributed by atoms with Crippen LogP contribution in [0.1, 0.15) is 47.6 Å². The van der Waals surface area contributed by atoms with Crippen LogP contribution in [0.25, 0.3) is 22.5 Å². The molecule has 2 aromatic heterocycles. The number of benzene rings is 1. The summed E-state index contributed by atoms with van der Waals surface area (Å²) < 4.78 is 22.7. The molecule has 2 amide bonds. The zero-order valence-electron chi connectivity index (χ0n) is 22.0. The Hall–Kier alpha value is -3.93. The number of ether oxygens (including phenoxy) is 1. The van der Waals surface area contributed by atoms with Crippen LogP contribution >= 0.6 is 11.6 Å². The first-order valence-electron chi connectivity index (χ1n) is 11.9. The standard InChI is InChI=1S/C25H31ClFN7O4/c1-13(2)34-12-17(18-7-8-28-22(31-18)29-11-14(3)30-23(35)36)21(33-34)16-9-15(26)10-19(20(16)27)32-24(37)38-25(4,5)6/h7-10,12-14,30H,11H2,1-6H3,(H,32,37)(H,35,36)(H,28,29,31). The number of carbonyl (C=O) groups is 2. The van der Waals surface area contributed by atoms with Gasteiger partial charge in [0, 0.05) is 47.2 Å². The van der Waals surface area contributed by atoms with Crippen molar-refractivity contribution >= 4 is 35.4 Å². The van der Waals surface area contributed by atoms with E-state index < -0.39 is 29.6 Å². The Morgan fingerprint density at radius 2 is 1.92 bits per heavy atom. The van der Waals surface area contributed by atoms with Crippen molar-refractivity contribution in [3.63, 3.8) is 0 Å². The van der Waals surface area contributed by atoms with E-state index in [-0.39, 0.29) is 40.5 Å². The summed E-state index contributed by atoms with van der Waals surface area (Å²) in [6.45, 7) is 10.9. The lowest BCUT2D eigenvalue weighted by molar-refractivity contribution is 0.0635. The smallest absolute Gasteiger partial charge is 0.412 e. The highest BCUT2D eigenvalue weighted by atomic mass is 35.5. The van der Waals surface area contributed by atoms with E-state index in [1.165, 1.54) is 18.3 Å². The molecule has 3 rings (SSSR count). The molecule has 0 fully saturated rings. The minimum Gasteiger partial charge on any atom is -0.465 e. The van der Waals surface area contributed by atoms with Gasteiger partial charge >= 0.3 is 12.2 Å². The normalized spacial score (nSPS) is 12.2. The molecule has 0 spiro atoms. The third kappa shape index (κ3) is 7.54. The maximum absolute atomic E-state index is 15.8. The molecule has 0 saturated carbocycles. The molecule has 204 valence electrons. The van der Waals surface area contributed by atoms with E-state index in [4.69, 9.17) is 21.4 Å². The van der Waals surface area contributed by atoms with Crippen molar-refractivity contribution in [3.05, 3.63) is 41.4 Å². The first kappa shape index (κ1) is 28.6. The Morgan fingerprint density at radius 1 is 1.21 bits per heavy atom. The molecule has 0 aliphatic carbocycles. The second-order valence-electron chi connectivity index (χ2n) is 9.90. The number of anilines is 2. The molecular formula is C25H31ClFN7O4. The summed E-state index contributed by atoms with van der Waals surface area (Å²) in [7, 11) is 0. The third-order valence-corrected chi connectivity index (χ3v) is 5.28. The van der Waals surface area contributed by atoms with Crippen molar-refractivity contribution in [1.82, 2.24) is 25.1 Å². The van der Waals surface area contributed by atoms with Gasteiger partial charge in [0.1, 0.15) is 11.3 Å². The first-order chi connectivity index (χ1) is 17.7. The number of carboxylic acid groups (broad SMARTS) is 1. The summed E-state index contributed by atoms with van der Waals surface area (Å²) in [4.78, 5) is 31.8. The van der Waals surface area contributed by atoms with E-state index >= 15 is 4.39 Å². The number of carbonyl (C=O) groups excluding carboxylic acids is 1. The molecule has 38 heavy (non-hydrogen) atoms. The molecule has 0 bridgehead atoms. The number of amides is 2. The summed E-state index contributed by atoms with van der Waals surface area (Å²) in [5, 5.41) is 21.4. The Bertz CT molecular complexity index is 1320. The average molecular weight is 548 g/mol. The van der Waals surface area contributed by atoms with Crippen LogP contribution < -0.4 is 16.0 Å². The monoisotopic (exact) mass is 547 g/mol. The van der Waals surface area contributed by atoms with E-state index in [1.807, 2.05) is 13.8 Å². The lowest BCUT2D eigenvalue weighted by atomic mass is 10.0. The van der Waals surface area contributed by atoms with Gasteiger partial charge in [-0.2, -0.15) is 5.10 Å². The fourth-order valence-electron chi connectivity index (χ4n) is 3.41. The molecule has 0 aliphatic rings. The van der Waals surface area contributed by atoms with Gasteiger partial charge < -0.3 is 20.5 Å². The molecule has 1 aromatic carbocycles. The van der Waals surface area contributed by atoms with Crippen molar-refractivity contribution in [2.75, 3.05) is 17.2 Å². The SMILES string of the molecule is CC(CNc1nccc(-c2cn(C(C)C)nc2-c2cc(Cl)cc(NC(=O)OC(C)(C)C)c2F)n1)NC(=O)O. The lowest BCUT2D eigenvalue weighted by Gasteiger charge is -2.20. The van der Waals surface area contributed by atoms with Crippen LogP contribution in [0.5, 0.6) is 0 Å². The maximum Gasteiger partial charge on any atom is 0.412 e. The van der Waals surface area contributed by atoms with Gasteiger partial charge in [-0.1, -0.05) is 11.6 Å². The molecule has 13 heteroatoms. The highest BCUT2D eigenvalue weighted by Crippen LogP contribution is 2.37. The Morgan fingerprint density at radius 3 is 2.55 bits per heavy atom. The third-order valence-electron chi connectivity index (χ3n) is 5.06. The molecule has 0 radical (unpaired) electrons. The second kappa shape index (κ2) is 11.6. The number of hydrogen-bond donors (Lipinski definition) is 4. The average Bonchev–Trinajstić information content (AvgIpc) is 3.24. The first-order valence-corrected chi connectivity index (χ1v) is 12.3. The number of hydrogen-bond acceptors (Lipinski definition) is 7. The van der Waals surface area contributed by atoms with Crippen LogP contribution in [0.3, 0.4) is 0 Å². The van der Waals surface area contributed by atoms with Gasteiger partial charge in [0.2, 0.25) is 5.95 Å². The van der Waals surface area contributed by atoms with E-state index in [1.54, 1.807) is 44.6 Å². The van der Waals surface area contributed by atoms with Gasteiger partial charge in [-0.15, -0.1) is 0 Å². The molecule has 4 N–H and O–H groups in total. The van der Waals surface area contributed by atoms with Crippen molar-refractivity contribution in [3.8, 4) is 22.5 Å². The number of aromatic nitrogens is 4. The summed E-state index contributed by atoms with van der Waals surface area (Å²) in [6, 6.07) is 3.93. The van der Waals surface area contributed by atoms with Crippen molar-refractivity contribution in [1.29, 1.82) is 0 Å². The number of nitrogens with zero attached hydrogens (tertiary/aromatic N) is 4. The van der Waals surface area contributed by atoms with Crippen LogP contribution in [0.4, 0.5) is 25.6 Å². The Kier molecular flexibility index (Phi) is 8.77. The molecule has 11 nitrogen and oxygen atoms in total. The minimum atomic E-state index is -1.14. The van der Waals surface area contributed by atoms with Crippen LogP contribution in [0.15, 0.2) is 30.6 Å². The van der Waals surface area contributed by atoms with E-state index in [2.05, 4.69) is 31.0 Å². The quantitative estimate of drug-likeness (QED) is 0.277. The van der Waals surface area contributed by atoms with Gasteiger partial charge in [0.05, 0.1) is 11.4 Å². The van der Waals surface area contributed by atoms with E-state index in [0.29, 0.717) is 11.3 Å². The maximum atomic E-state index is 15.8. The molecule has 0 aliphatic heterocycles. The molecule has 3 aromatic rings. The number of rotatable bonds is 8. The Balaban J connectivity index is 2.01. The molecular weight excluding hydrogens is 517 g/mol. The van der Waals surface area contributed by atoms with Crippen LogP contribution in [0.2, 0.25) is 5.02 Å². The molecule has 0 saturated heterocycles. The predicted molar refractivity (Wildman–Crippen MR) is 143 cm³/mol. The summed E-state index contributed by atoms with van der Waals surface area (Å²) in [6.07, 6.45) is 1.31. The summed E-state index contributed by atoms with van der Waals surface area (Å²) >= 11 is 6.31. The van der Waals surface area contributed by atoms with Crippen molar-refractivity contribution < 1.29 is 23.8 Å². The molecule has 1 unspecified atom stereocenters. The zero-order chi connectivity index (χ0) is 28.2. The van der Waals surface area contributed by atoms with Crippen LogP contribution in [-0.4, -0.2) is 55.2 Å². The van der Waals surface area contributed by atoms with Crippen LogP contribution in [0, 0.1) is 5.82 Å². The highest BCUT2D eigenvalue weighted by Gasteiger charge is 2.24. The topological polar surface area (TPSA) is 143 Å². The van der Waals surface area contributed by atoms with Gasteiger partial charge in [-0.25, -0.2) is 23.9 Å². The Labute approximate surface area is 224 Å². The van der Waals surface area contributed by atoms with Gasteiger partial charge in [0.15, 0.2) is 5.82 Å². The fourth-order valence-corrected chi connectivity index (χ4v) is 3.63. The second-order valence-corrected chi connectivity index (χ2v) is 10.3. The van der Waals surface area contributed by atoms with Crippen molar-refractivity contribution in [2.24, 2.45) is 0 Å². The zero-order valence-corrected chi connectivity index (χ0v) is 22.7. The van der Waals surface area contributed by atoms with Crippen molar-refractivity contribution in [2.45, 2.75) is 59.2 Å². The summed E-state index contributed by atoms with van der Waals surface area (Å²) in [5.41, 5.74) is 0.346. The highest BCUT2D eigenvalue weighted by molar-refractivity contribution is 6.31. The van der Waals surface area contributed by atoms with Crippen LogP contribution in [-0.2, 0) is 4.74 Å².